The molecule has 1 aromatic rings. The molecule has 0 heterocycles. The van der Waals surface area contributed by atoms with Crippen LogP contribution >= 0.6 is 24.0 Å². The largest absolute Gasteiger partial charge is 0.480 e. The number of rotatable bonds is 5. The fraction of sp³-hybridized carbons (Fsp3) is 0.273. The highest BCUT2D eigenvalue weighted by molar-refractivity contribution is 7.99. The number of thiocarbonyl (C=S) groups is 1. The Morgan fingerprint density at radius 2 is 2.19 bits per heavy atom. The van der Waals surface area contributed by atoms with Crippen molar-refractivity contribution in [1.82, 2.24) is 0 Å². The molecule has 86 valence electrons. The molecule has 0 radical (unpaired) electrons. The average molecular weight is 255 g/mol. The quantitative estimate of drug-likeness (QED) is 0.788. The van der Waals surface area contributed by atoms with Crippen LogP contribution in [0.25, 0.3) is 0 Å². The predicted octanol–water partition coefficient (Wildman–Crippen LogP) is 2.03. The lowest BCUT2D eigenvalue weighted by Crippen LogP contribution is -2.14. The molecule has 5 heteroatoms. The maximum absolute atomic E-state index is 10.7. The van der Waals surface area contributed by atoms with Gasteiger partial charge < -0.3 is 10.8 Å². The molecule has 0 aliphatic heterocycles. The van der Waals surface area contributed by atoms with Crippen LogP contribution in [0.3, 0.4) is 0 Å². The number of carboxylic acids is 1. The number of carbonyl (C=O) groups is 1. The molecule has 0 aliphatic carbocycles. The fourth-order valence-electron chi connectivity index (χ4n) is 1.17. The number of aliphatic carboxylic acids is 1. The highest BCUT2D eigenvalue weighted by Crippen LogP contribution is 2.20. The van der Waals surface area contributed by atoms with Gasteiger partial charge in [-0.1, -0.05) is 36.5 Å². The number of benzene rings is 1. The Balaban J connectivity index is 2.74. The normalized spacial score (nSPS) is 12.1. The zero-order valence-electron chi connectivity index (χ0n) is 8.84. The number of nitrogens with two attached hydrogens (primary N) is 1. The lowest BCUT2D eigenvalue weighted by Gasteiger charge is -2.09. The van der Waals surface area contributed by atoms with Gasteiger partial charge >= 0.3 is 5.97 Å². The van der Waals surface area contributed by atoms with E-state index in [1.807, 2.05) is 24.3 Å². The molecular weight excluding hydrogens is 242 g/mol. The first-order valence-corrected chi connectivity index (χ1v) is 6.20. The van der Waals surface area contributed by atoms with Crippen LogP contribution in [0.4, 0.5) is 0 Å². The molecular formula is C11H13NO2S2. The van der Waals surface area contributed by atoms with Crippen LogP contribution in [0.1, 0.15) is 18.1 Å². The summed E-state index contributed by atoms with van der Waals surface area (Å²) in [6.45, 7) is 1.66. The summed E-state index contributed by atoms with van der Waals surface area (Å²) in [5.74, 6) is -0.209. The first-order chi connectivity index (χ1) is 7.52. The van der Waals surface area contributed by atoms with Gasteiger partial charge in [0.15, 0.2) is 0 Å². The van der Waals surface area contributed by atoms with Crippen molar-refractivity contribution in [3.05, 3.63) is 35.4 Å². The third kappa shape index (κ3) is 3.50. The SMILES string of the molecule is CC(SCc1ccccc1C(N)=S)C(=O)O. The van der Waals surface area contributed by atoms with E-state index in [1.54, 1.807) is 6.92 Å². The average Bonchev–Trinajstić information content (AvgIpc) is 2.25. The molecule has 1 unspecified atom stereocenters. The van der Waals surface area contributed by atoms with E-state index in [-0.39, 0.29) is 0 Å². The summed E-state index contributed by atoms with van der Waals surface area (Å²) in [5, 5.41) is 8.34. The lowest BCUT2D eigenvalue weighted by molar-refractivity contribution is -0.136. The molecule has 0 saturated carbocycles. The number of thioether (sulfide) groups is 1. The molecule has 0 aromatic heterocycles. The molecule has 16 heavy (non-hydrogen) atoms. The van der Waals surface area contributed by atoms with Gasteiger partial charge in [-0.2, -0.15) is 0 Å². The molecule has 0 fully saturated rings. The summed E-state index contributed by atoms with van der Waals surface area (Å²) in [5.41, 5.74) is 7.39. The summed E-state index contributed by atoms with van der Waals surface area (Å²) in [7, 11) is 0. The van der Waals surface area contributed by atoms with Crippen LogP contribution in [-0.2, 0) is 10.5 Å². The van der Waals surface area contributed by atoms with E-state index >= 15 is 0 Å². The van der Waals surface area contributed by atoms with Crippen molar-refractivity contribution < 1.29 is 9.90 Å². The van der Waals surface area contributed by atoms with Gasteiger partial charge in [0.25, 0.3) is 0 Å². The summed E-state index contributed by atoms with van der Waals surface area (Å²) < 4.78 is 0. The van der Waals surface area contributed by atoms with Crippen molar-refractivity contribution in [2.24, 2.45) is 5.73 Å². The molecule has 0 spiro atoms. The van der Waals surface area contributed by atoms with Gasteiger partial charge in [-0.3, -0.25) is 4.79 Å². The van der Waals surface area contributed by atoms with Crippen molar-refractivity contribution >= 4 is 34.9 Å². The predicted molar refractivity (Wildman–Crippen MR) is 70.7 cm³/mol. The minimum atomic E-state index is -0.808. The summed E-state index contributed by atoms with van der Waals surface area (Å²) in [6, 6.07) is 7.52. The molecule has 0 aliphatic rings. The maximum Gasteiger partial charge on any atom is 0.316 e. The molecule has 0 amide bonds. The minimum absolute atomic E-state index is 0.346. The van der Waals surface area contributed by atoms with Gasteiger partial charge in [0.2, 0.25) is 0 Å². The van der Waals surface area contributed by atoms with Crippen LogP contribution in [-0.4, -0.2) is 21.3 Å². The van der Waals surface area contributed by atoms with Crippen LogP contribution < -0.4 is 5.73 Å². The van der Waals surface area contributed by atoms with Crippen molar-refractivity contribution in [2.75, 3.05) is 0 Å². The first-order valence-electron chi connectivity index (χ1n) is 4.74. The monoisotopic (exact) mass is 255 g/mol. The van der Waals surface area contributed by atoms with Gasteiger partial charge in [0.05, 0.1) is 5.25 Å². The fourth-order valence-corrected chi connectivity index (χ4v) is 2.20. The van der Waals surface area contributed by atoms with Crippen molar-refractivity contribution in [3.63, 3.8) is 0 Å². The second-order valence-corrected chi connectivity index (χ2v) is 5.08. The van der Waals surface area contributed by atoms with Gasteiger partial charge in [-0.25, -0.2) is 0 Å². The van der Waals surface area contributed by atoms with Crippen molar-refractivity contribution in [2.45, 2.75) is 17.9 Å². The molecule has 3 N–H and O–H groups in total. The zero-order valence-corrected chi connectivity index (χ0v) is 10.5. The second-order valence-electron chi connectivity index (χ2n) is 3.31. The first kappa shape index (κ1) is 13.0. The molecule has 0 bridgehead atoms. The smallest absolute Gasteiger partial charge is 0.316 e. The zero-order chi connectivity index (χ0) is 12.1. The van der Waals surface area contributed by atoms with Crippen LogP contribution in [0.5, 0.6) is 0 Å². The summed E-state index contributed by atoms with van der Waals surface area (Å²) in [6.07, 6.45) is 0. The second kappa shape index (κ2) is 5.86. The van der Waals surface area contributed by atoms with E-state index < -0.39 is 11.2 Å². The van der Waals surface area contributed by atoms with E-state index in [2.05, 4.69) is 0 Å². The number of hydrogen-bond donors (Lipinski definition) is 2. The minimum Gasteiger partial charge on any atom is -0.480 e. The van der Waals surface area contributed by atoms with Crippen LogP contribution in [0.2, 0.25) is 0 Å². The third-order valence-electron chi connectivity index (χ3n) is 2.12. The van der Waals surface area contributed by atoms with Gasteiger partial charge in [-0.05, 0) is 12.5 Å². The maximum atomic E-state index is 10.7. The van der Waals surface area contributed by atoms with E-state index in [0.717, 1.165) is 11.1 Å². The summed E-state index contributed by atoms with van der Waals surface area (Å²) >= 11 is 6.29. The topological polar surface area (TPSA) is 63.3 Å². The highest BCUT2D eigenvalue weighted by Gasteiger charge is 2.12. The van der Waals surface area contributed by atoms with Gasteiger partial charge in [-0.15, -0.1) is 11.8 Å². The Morgan fingerprint density at radius 3 is 2.75 bits per heavy atom. The lowest BCUT2D eigenvalue weighted by atomic mass is 10.1. The van der Waals surface area contributed by atoms with Gasteiger partial charge in [0.1, 0.15) is 4.99 Å². The highest BCUT2D eigenvalue weighted by atomic mass is 32.2. The van der Waals surface area contributed by atoms with Crippen molar-refractivity contribution in [3.8, 4) is 0 Å². The molecule has 1 aromatic carbocycles. The van der Waals surface area contributed by atoms with E-state index in [4.69, 9.17) is 23.1 Å². The van der Waals surface area contributed by atoms with Crippen LogP contribution in [0.15, 0.2) is 24.3 Å². The Hall–Kier alpha value is -1.07. The van der Waals surface area contributed by atoms with E-state index in [1.165, 1.54) is 11.8 Å². The van der Waals surface area contributed by atoms with E-state index in [9.17, 15) is 4.79 Å². The Kier molecular flexibility index (Phi) is 4.76. The Labute approximate surface area is 104 Å². The van der Waals surface area contributed by atoms with Crippen molar-refractivity contribution in [1.29, 1.82) is 0 Å². The molecule has 1 rings (SSSR count). The number of carboxylic acid groups (broad SMARTS) is 1. The molecule has 0 saturated heterocycles. The standard InChI is InChI=1S/C11H13NO2S2/c1-7(11(13)14)16-6-8-4-2-3-5-9(8)10(12)15/h2-5,7H,6H2,1H3,(H2,12,15)(H,13,14). The Bertz CT molecular complexity index is 407. The van der Waals surface area contributed by atoms with Gasteiger partial charge in [0, 0.05) is 11.3 Å². The Morgan fingerprint density at radius 1 is 1.56 bits per heavy atom. The molecule has 1 atom stereocenters. The molecule has 3 nitrogen and oxygen atoms in total. The number of hydrogen-bond acceptors (Lipinski definition) is 3. The van der Waals surface area contributed by atoms with Crippen LogP contribution in [0, 0.1) is 0 Å². The third-order valence-corrected chi connectivity index (χ3v) is 3.52. The van der Waals surface area contributed by atoms with E-state index in [0.29, 0.717) is 10.7 Å². The summed E-state index contributed by atoms with van der Waals surface area (Å²) in [4.78, 5) is 11.0.